The number of aliphatic imine (C=N–C) groups is 1. The van der Waals surface area contributed by atoms with Crippen molar-refractivity contribution in [2.24, 2.45) is 4.99 Å². The van der Waals surface area contributed by atoms with Crippen LogP contribution in [-0.2, 0) is 6.42 Å². The van der Waals surface area contributed by atoms with Crippen LogP contribution in [0.25, 0.3) is 5.76 Å². The zero-order valence-electron chi connectivity index (χ0n) is 23.5. The van der Waals surface area contributed by atoms with Crippen LogP contribution >= 0.6 is 0 Å². The van der Waals surface area contributed by atoms with Crippen molar-refractivity contribution < 1.29 is 18.9 Å². The summed E-state index contributed by atoms with van der Waals surface area (Å²) in [5.41, 5.74) is 6.75. The van der Waals surface area contributed by atoms with Crippen LogP contribution < -0.4 is 18.9 Å². The summed E-state index contributed by atoms with van der Waals surface area (Å²) in [7, 11) is 3.30. The van der Waals surface area contributed by atoms with Gasteiger partial charge in [-0.1, -0.05) is 48.5 Å². The lowest BCUT2D eigenvalue weighted by molar-refractivity contribution is 0.340. The van der Waals surface area contributed by atoms with Crippen molar-refractivity contribution in [2.75, 3.05) is 27.4 Å². The Morgan fingerprint density at radius 1 is 0.825 bits per heavy atom. The summed E-state index contributed by atoms with van der Waals surface area (Å²) in [5, 5.41) is 0. The topological polar surface area (TPSA) is 49.3 Å². The molecule has 5 nitrogen and oxygen atoms in total. The van der Waals surface area contributed by atoms with Crippen LogP contribution in [0.5, 0.6) is 23.0 Å². The molecule has 0 bridgehead atoms. The van der Waals surface area contributed by atoms with Crippen LogP contribution in [0.4, 0.5) is 0 Å². The first kappa shape index (κ1) is 27.1. The highest BCUT2D eigenvalue weighted by molar-refractivity contribution is 5.94. The molecule has 204 valence electrons. The fourth-order valence-electron chi connectivity index (χ4n) is 5.15. The smallest absolute Gasteiger partial charge is 0.160 e. The molecule has 1 aliphatic heterocycles. The zero-order chi connectivity index (χ0) is 27.9. The maximum atomic E-state index is 6.61. The van der Waals surface area contributed by atoms with Gasteiger partial charge in [-0.15, -0.1) is 0 Å². The summed E-state index contributed by atoms with van der Waals surface area (Å²) in [6.07, 6.45) is 2.77. The number of allylic oxidation sites excluding steroid dienone is 1. The van der Waals surface area contributed by atoms with E-state index in [4.69, 9.17) is 23.9 Å². The first-order chi connectivity index (χ1) is 19.6. The molecule has 0 amide bonds. The van der Waals surface area contributed by atoms with Crippen molar-refractivity contribution in [3.8, 4) is 23.0 Å². The summed E-state index contributed by atoms with van der Waals surface area (Å²) >= 11 is 0. The van der Waals surface area contributed by atoms with Crippen molar-refractivity contribution in [2.45, 2.75) is 26.2 Å². The SMILES string of the molecule is CCOc1ccc(C2=C(C=NCCc3ccc(OC)c(OC)c3)[C@@H](c3ccccc3C)c3ccccc3O2)cc1. The van der Waals surface area contributed by atoms with Crippen molar-refractivity contribution in [1.29, 1.82) is 0 Å². The van der Waals surface area contributed by atoms with E-state index in [2.05, 4.69) is 61.5 Å². The Hall–Kier alpha value is -4.51. The van der Waals surface area contributed by atoms with Crippen LogP contribution in [0.15, 0.2) is 102 Å². The number of nitrogens with zero attached hydrogens (tertiary/aromatic N) is 1. The van der Waals surface area contributed by atoms with Gasteiger partial charge in [-0.2, -0.15) is 0 Å². The second-order valence-corrected chi connectivity index (χ2v) is 9.65. The van der Waals surface area contributed by atoms with Crippen LogP contribution in [0, 0.1) is 6.92 Å². The Morgan fingerprint density at radius 3 is 2.27 bits per heavy atom. The molecule has 40 heavy (non-hydrogen) atoms. The van der Waals surface area contributed by atoms with Crippen molar-refractivity contribution in [3.63, 3.8) is 0 Å². The molecule has 0 fully saturated rings. The number of rotatable bonds is 10. The number of fused-ring (bicyclic) bond motifs is 1. The molecular weight excluding hydrogens is 498 g/mol. The number of para-hydroxylation sites is 1. The van der Waals surface area contributed by atoms with E-state index in [1.165, 1.54) is 11.1 Å². The standard InChI is InChI=1S/C35H35NO4/c1-5-39-27-17-15-26(16-18-27)35-30(23-36-21-20-25-14-19-32(37-3)33(22-25)38-4)34(28-11-7-6-10-24(28)2)29-12-8-9-13-31(29)40-35/h6-19,22-23,34H,5,20-21H2,1-4H3/t34-/m0/s1. The third kappa shape index (κ3) is 5.74. The van der Waals surface area contributed by atoms with Gasteiger partial charge in [-0.25, -0.2) is 0 Å². The molecule has 0 saturated carbocycles. The normalized spacial score (nSPS) is 14.6. The van der Waals surface area contributed by atoms with Gasteiger partial charge in [0.2, 0.25) is 0 Å². The Bertz CT molecular complexity index is 1520. The van der Waals surface area contributed by atoms with Gasteiger partial charge < -0.3 is 18.9 Å². The lowest BCUT2D eigenvalue weighted by Crippen LogP contribution is -2.18. The van der Waals surface area contributed by atoms with Crippen molar-refractivity contribution in [3.05, 3.63) is 124 Å². The highest BCUT2D eigenvalue weighted by Gasteiger charge is 2.31. The molecule has 0 aromatic heterocycles. The van der Waals surface area contributed by atoms with Gasteiger partial charge in [0.1, 0.15) is 17.3 Å². The van der Waals surface area contributed by atoms with Gasteiger partial charge >= 0.3 is 0 Å². The van der Waals surface area contributed by atoms with E-state index in [9.17, 15) is 0 Å². The number of methoxy groups -OCH3 is 2. The quantitative estimate of drug-likeness (QED) is 0.196. The Balaban J connectivity index is 1.55. The molecule has 1 atom stereocenters. The van der Waals surface area contributed by atoms with E-state index in [1.807, 2.05) is 49.5 Å². The third-order valence-electron chi connectivity index (χ3n) is 7.15. The number of hydrogen-bond acceptors (Lipinski definition) is 5. The van der Waals surface area contributed by atoms with Crippen molar-refractivity contribution >= 4 is 12.0 Å². The molecule has 0 radical (unpaired) electrons. The minimum atomic E-state index is -0.0162. The fourth-order valence-corrected chi connectivity index (χ4v) is 5.15. The molecule has 4 aromatic carbocycles. The molecule has 1 heterocycles. The second kappa shape index (κ2) is 12.6. The monoisotopic (exact) mass is 533 g/mol. The minimum absolute atomic E-state index is 0.0162. The predicted molar refractivity (Wildman–Crippen MR) is 161 cm³/mol. The third-order valence-corrected chi connectivity index (χ3v) is 7.15. The molecule has 1 aliphatic rings. The molecule has 5 rings (SSSR count). The van der Waals surface area contributed by atoms with E-state index in [0.717, 1.165) is 57.4 Å². The number of hydrogen-bond donors (Lipinski definition) is 0. The second-order valence-electron chi connectivity index (χ2n) is 9.65. The van der Waals surface area contributed by atoms with E-state index in [-0.39, 0.29) is 5.92 Å². The maximum Gasteiger partial charge on any atom is 0.160 e. The predicted octanol–water partition coefficient (Wildman–Crippen LogP) is 7.66. The van der Waals surface area contributed by atoms with E-state index in [0.29, 0.717) is 13.2 Å². The summed E-state index contributed by atoms with van der Waals surface area (Å²) in [5.74, 6) is 3.94. The van der Waals surface area contributed by atoms with Gasteiger partial charge in [0.15, 0.2) is 11.5 Å². The molecule has 0 unspecified atom stereocenters. The van der Waals surface area contributed by atoms with Crippen LogP contribution in [0.3, 0.4) is 0 Å². The first-order valence-electron chi connectivity index (χ1n) is 13.6. The molecule has 4 aromatic rings. The van der Waals surface area contributed by atoms with Crippen LogP contribution in [0.2, 0.25) is 0 Å². The number of ether oxygens (including phenoxy) is 4. The molecule has 0 spiro atoms. The number of benzene rings is 4. The maximum absolute atomic E-state index is 6.61. The Labute approximate surface area is 236 Å². The Morgan fingerprint density at radius 2 is 1.55 bits per heavy atom. The van der Waals surface area contributed by atoms with Gasteiger partial charge in [-0.05, 0) is 79.4 Å². The highest BCUT2D eigenvalue weighted by Crippen LogP contribution is 2.46. The van der Waals surface area contributed by atoms with Gasteiger partial charge in [0, 0.05) is 35.4 Å². The van der Waals surface area contributed by atoms with E-state index in [1.54, 1.807) is 14.2 Å². The number of aryl methyl sites for hydroxylation is 1. The lowest BCUT2D eigenvalue weighted by Gasteiger charge is -2.30. The molecule has 0 N–H and O–H groups in total. The largest absolute Gasteiger partial charge is 0.494 e. The summed E-state index contributed by atoms with van der Waals surface area (Å²) < 4.78 is 23.2. The summed E-state index contributed by atoms with van der Waals surface area (Å²) in [6, 6.07) is 30.9. The lowest BCUT2D eigenvalue weighted by atomic mass is 9.80. The minimum Gasteiger partial charge on any atom is -0.494 e. The Kier molecular flexibility index (Phi) is 8.50. The molecule has 5 heteroatoms. The first-order valence-corrected chi connectivity index (χ1v) is 13.6. The van der Waals surface area contributed by atoms with Gasteiger partial charge in [0.05, 0.1) is 20.8 Å². The van der Waals surface area contributed by atoms with Crippen LogP contribution in [-0.4, -0.2) is 33.6 Å². The van der Waals surface area contributed by atoms with Gasteiger partial charge in [0.25, 0.3) is 0 Å². The highest BCUT2D eigenvalue weighted by atomic mass is 16.5. The average Bonchev–Trinajstić information content (AvgIpc) is 2.99. The van der Waals surface area contributed by atoms with Crippen LogP contribution in [0.1, 0.15) is 40.7 Å². The molecular formula is C35H35NO4. The molecule has 0 aliphatic carbocycles. The molecule has 0 saturated heterocycles. The summed E-state index contributed by atoms with van der Waals surface area (Å²) in [6.45, 7) is 5.40. The zero-order valence-corrected chi connectivity index (χ0v) is 23.5. The van der Waals surface area contributed by atoms with Gasteiger partial charge in [-0.3, -0.25) is 4.99 Å². The van der Waals surface area contributed by atoms with Crippen molar-refractivity contribution in [1.82, 2.24) is 0 Å². The van der Waals surface area contributed by atoms with E-state index < -0.39 is 0 Å². The summed E-state index contributed by atoms with van der Waals surface area (Å²) in [4.78, 5) is 4.93. The fraction of sp³-hybridized carbons (Fsp3) is 0.229. The van der Waals surface area contributed by atoms with E-state index >= 15 is 0 Å². The average molecular weight is 534 g/mol.